The molecule has 1 saturated carbocycles. The van der Waals surface area contributed by atoms with Crippen LogP contribution in [0.3, 0.4) is 0 Å². The molecule has 1 aliphatic rings. The Labute approximate surface area is 110 Å². The molecule has 2 unspecified atom stereocenters. The summed E-state index contributed by atoms with van der Waals surface area (Å²) in [7, 11) is 1.50. The van der Waals surface area contributed by atoms with E-state index in [-0.39, 0.29) is 19.1 Å². The van der Waals surface area contributed by atoms with Crippen LogP contribution in [0, 0.1) is 0 Å². The second-order valence-electron chi connectivity index (χ2n) is 4.73. The van der Waals surface area contributed by atoms with E-state index in [1.54, 1.807) is 6.92 Å². The minimum atomic E-state index is -4.36. The first kappa shape index (κ1) is 16.2. The van der Waals surface area contributed by atoms with E-state index in [1.165, 1.54) is 7.11 Å². The van der Waals surface area contributed by atoms with Crippen molar-refractivity contribution >= 4 is 5.97 Å². The summed E-state index contributed by atoms with van der Waals surface area (Å²) in [5.41, 5.74) is -1.29. The summed E-state index contributed by atoms with van der Waals surface area (Å²) >= 11 is 0. The van der Waals surface area contributed by atoms with Crippen molar-refractivity contribution in [3.63, 3.8) is 0 Å². The van der Waals surface area contributed by atoms with Gasteiger partial charge in [-0.2, -0.15) is 13.2 Å². The fourth-order valence-electron chi connectivity index (χ4n) is 2.38. The zero-order chi connectivity index (χ0) is 14.5. The number of hydrogen-bond donors (Lipinski definition) is 1. The summed E-state index contributed by atoms with van der Waals surface area (Å²) in [6.07, 6.45) is -2.67. The second kappa shape index (κ2) is 6.56. The van der Waals surface area contributed by atoms with E-state index in [0.717, 1.165) is 6.42 Å². The molecule has 1 aliphatic carbocycles. The van der Waals surface area contributed by atoms with E-state index >= 15 is 0 Å². The molecule has 0 aliphatic heterocycles. The monoisotopic (exact) mass is 283 g/mol. The molecule has 0 amide bonds. The number of esters is 1. The molecule has 19 heavy (non-hydrogen) atoms. The van der Waals surface area contributed by atoms with Crippen LogP contribution in [0.25, 0.3) is 0 Å². The van der Waals surface area contributed by atoms with Gasteiger partial charge in [-0.05, 0) is 26.2 Å². The van der Waals surface area contributed by atoms with Crippen molar-refractivity contribution in [3.05, 3.63) is 0 Å². The number of halogens is 3. The number of rotatable bonds is 5. The van der Waals surface area contributed by atoms with Crippen LogP contribution in [0.15, 0.2) is 0 Å². The number of carbonyl (C=O) groups excluding carboxylic acids is 1. The number of alkyl halides is 3. The van der Waals surface area contributed by atoms with Crippen LogP contribution in [-0.2, 0) is 14.3 Å². The zero-order valence-corrected chi connectivity index (χ0v) is 11.2. The highest BCUT2D eigenvalue weighted by atomic mass is 19.4. The first-order valence-corrected chi connectivity index (χ1v) is 6.35. The van der Waals surface area contributed by atoms with Crippen molar-refractivity contribution in [2.75, 3.05) is 20.3 Å². The molecule has 0 bridgehead atoms. The van der Waals surface area contributed by atoms with Gasteiger partial charge in [-0.1, -0.05) is 0 Å². The lowest BCUT2D eigenvalue weighted by Crippen LogP contribution is -2.58. The summed E-state index contributed by atoms with van der Waals surface area (Å²) in [5, 5.41) is 2.34. The van der Waals surface area contributed by atoms with Gasteiger partial charge in [-0.3, -0.25) is 10.1 Å². The molecule has 1 fully saturated rings. The molecule has 2 atom stereocenters. The Bertz CT molecular complexity index is 309. The van der Waals surface area contributed by atoms with Crippen LogP contribution in [-0.4, -0.2) is 44.0 Å². The molecule has 0 aromatic carbocycles. The third-order valence-corrected chi connectivity index (χ3v) is 3.33. The quantitative estimate of drug-likeness (QED) is 0.784. The predicted molar refractivity (Wildman–Crippen MR) is 62.7 cm³/mol. The van der Waals surface area contributed by atoms with Gasteiger partial charge < -0.3 is 9.47 Å². The van der Waals surface area contributed by atoms with Crippen molar-refractivity contribution in [2.45, 2.75) is 50.4 Å². The molecule has 0 saturated heterocycles. The maximum absolute atomic E-state index is 12.4. The van der Waals surface area contributed by atoms with Gasteiger partial charge >= 0.3 is 12.1 Å². The molecule has 1 N–H and O–H groups in total. The Morgan fingerprint density at radius 3 is 2.68 bits per heavy atom. The molecular weight excluding hydrogens is 263 g/mol. The first-order valence-electron chi connectivity index (χ1n) is 6.35. The van der Waals surface area contributed by atoms with Crippen LogP contribution >= 0.6 is 0 Å². The van der Waals surface area contributed by atoms with E-state index in [4.69, 9.17) is 9.47 Å². The molecule has 0 aromatic rings. The summed E-state index contributed by atoms with van der Waals surface area (Å²) in [4.78, 5) is 12.0. The summed E-state index contributed by atoms with van der Waals surface area (Å²) < 4.78 is 47.2. The molecular formula is C12H20F3NO3. The molecule has 0 spiro atoms. The highest BCUT2D eigenvalue weighted by Crippen LogP contribution is 2.32. The first-order chi connectivity index (χ1) is 8.83. The maximum Gasteiger partial charge on any atom is 0.401 e. The number of nitrogens with one attached hydrogen (secondary N) is 1. The van der Waals surface area contributed by atoms with E-state index in [2.05, 4.69) is 5.32 Å². The molecule has 1 rings (SSSR count). The molecule has 0 radical (unpaired) electrons. The second-order valence-corrected chi connectivity index (χ2v) is 4.73. The van der Waals surface area contributed by atoms with Crippen molar-refractivity contribution in [3.8, 4) is 0 Å². The van der Waals surface area contributed by atoms with E-state index in [9.17, 15) is 18.0 Å². The Kier molecular flexibility index (Phi) is 5.61. The Balaban J connectivity index is 2.80. The van der Waals surface area contributed by atoms with Gasteiger partial charge in [0.25, 0.3) is 0 Å². The number of hydrogen-bond acceptors (Lipinski definition) is 4. The van der Waals surface area contributed by atoms with Crippen molar-refractivity contribution < 1.29 is 27.4 Å². The summed E-state index contributed by atoms with van der Waals surface area (Å²) in [6.45, 7) is 0.570. The lowest BCUT2D eigenvalue weighted by atomic mass is 9.80. The van der Waals surface area contributed by atoms with E-state index in [1.807, 2.05) is 0 Å². The van der Waals surface area contributed by atoms with Gasteiger partial charge in [0.2, 0.25) is 0 Å². The third-order valence-electron chi connectivity index (χ3n) is 3.33. The van der Waals surface area contributed by atoms with Crippen molar-refractivity contribution in [1.29, 1.82) is 0 Å². The van der Waals surface area contributed by atoms with Gasteiger partial charge in [0, 0.05) is 13.5 Å². The van der Waals surface area contributed by atoms with Crippen molar-refractivity contribution in [2.24, 2.45) is 0 Å². The van der Waals surface area contributed by atoms with Gasteiger partial charge in [0.05, 0.1) is 19.3 Å². The summed E-state index contributed by atoms with van der Waals surface area (Å²) in [6, 6.07) is 0. The standard InChI is InChI=1S/C12H20F3NO3/c1-3-19-10(17)11(16-8-12(13,14)15)6-4-5-9(7-11)18-2/h9,16H,3-8H2,1-2H3. The van der Waals surface area contributed by atoms with Crippen LogP contribution in [0.1, 0.15) is 32.6 Å². The normalized spacial score (nSPS) is 28.2. The fraction of sp³-hybridized carbons (Fsp3) is 0.917. The van der Waals surface area contributed by atoms with Crippen molar-refractivity contribution in [1.82, 2.24) is 5.32 Å². The minimum absolute atomic E-state index is 0.145. The predicted octanol–water partition coefficient (Wildman–Crippen LogP) is 2.03. The highest BCUT2D eigenvalue weighted by molar-refractivity contribution is 5.81. The van der Waals surface area contributed by atoms with E-state index < -0.39 is 24.2 Å². The topological polar surface area (TPSA) is 47.6 Å². The van der Waals surface area contributed by atoms with Gasteiger partial charge in [0.1, 0.15) is 5.54 Å². The lowest BCUT2D eigenvalue weighted by molar-refractivity contribution is -0.160. The van der Waals surface area contributed by atoms with E-state index in [0.29, 0.717) is 12.8 Å². The van der Waals surface area contributed by atoms with Gasteiger partial charge in [-0.25, -0.2) is 0 Å². The molecule has 0 aromatic heterocycles. The average Bonchev–Trinajstić information content (AvgIpc) is 2.36. The van der Waals surface area contributed by atoms with Crippen LogP contribution in [0.2, 0.25) is 0 Å². The highest BCUT2D eigenvalue weighted by Gasteiger charge is 2.46. The number of ether oxygens (including phenoxy) is 2. The Morgan fingerprint density at radius 2 is 2.16 bits per heavy atom. The van der Waals surface area contributed by atoms with Crippen LogP contribution in [0.5, 0.6) is 0 Å². The zero-order valence-electron chi connectivity index (χ0n) is 11.2. The van der Waals surface area contributed by atoms with Gasteiger partial charge in [-0.15, -0.1) is 0 Å². The average molecular weight is 283 g/mol. The van der Waals surface area contributed by atoms with Crippen LogP contribution < -0.4 is 5.32 Å². The smallest absolute Gasteiger partial charge is 0.401 e. The molecule has 7 heteroatoms. The fourth-order valence-corrected chi connectivity index (χ4v) is 2.38. The Hall–Kier alpha value is -0.820. The number of methoxy groups -OCH3 is 1. The van der Waals surface area contributed by atoms with Gasteiger partial charge in [0.15, 0.2) is 0 Å². The molecule has 112 valence electrons. The van der Waals surface area contributed by atoms with Crippen LogP contribution in [0.4, 0.5) is 13.2 Å². The maximum atomic E-state index is 12.4. The largest absolute Gasteiger partial charge is 0.465 e. The SMILES string of the molecule is CCOC(=O)C1(NCC(F)(F)F)CCCC(OC)C1. The number of carbonyl (C=O) groups is 1. The third kappa shape index (κ3) is 4.65. The summed E-state index contributed by atoms with van der Waals surface area (Å²) in [5.74, 6) is -0.624. The minimum Gasteiger partial charge on any atom is -0.465 e. The molecule has 0 heterocycles. The lowest BCUT2D eigenvalue weighted by Gasteiger charge is -2.39. The molecule has 4 nitrogen and oxygen atoms in total. The Morgan fingerprint density at radius 1 is 1.47 bits per heavy atom.